The highest BCUT2D eigenvalue weighted by Crippen LogP contribution is 2.22. The van der Waals surface area contributed by atoms with Crippen molar-refractivity contribution in [2.75, 3.05) is 6.54 Å². The van der Waals surface area contributed by atoms with Crippen LogP contribution in [0.2, 0.25) is 0 Å². The number of carbonyl (C=O) groups is 2. The first-order valence-electron chi connectivity index (χ1n) is 5.66. The summed E-state index contributed by atoms with van der Waals surface area (Å²) in [5.74, 6) is -1.13. The standard InChI is InChI=1S/C14H14N2O2/c1-3-8-15-14(18)13(17)12-9(2)16-11-7-5-4-6-10(11)12/h3-7,16H,1,8H2,2H3,(H,15,18). The van der Waals surface area contributed by atoms with E-state index in [1.54, 1.807) is 6.92 Å². The maximum Gasteiger partial charge on any atom is 0.292 e. The van der Waals surface area contributed by atoms with Gasteiger partial charge in [0, 0.05) is 23.1 Å². The van der Waals surface area contributed by atoms with E-state index in [4.69, 9.17) is 0 Å². The topological polar surface area (TPSA) is 62.0 Å². The summed E-state index contributed by atoms with van der Waals surface area (Å²) in [6.45, 7) is 5.56. The Balaban J connectivity index is 2.41. The van der Waals surface area contributed by atoms with Crippen LogP contribution in [0, 0.1) is 6.92 Å². The third-order valence-electron chi connectivity index (χ3n) is 2.73. The normalized spacial score (nSPS) is 10.3. The lowest BCUT2D eigenvalue weighted by Crippen LogP contribution is -2.31. The van der Waals surface area contributed by atoms with Crippen molar-refractivity contribution in [3.05, 3.63) is 48.2 Å². The van der Waals surface area contributed by atoms with Gasteiger partial charge in [-0.3, -0.25) is 9.59 Å². The average Bonchev–Trinajstić information content (AvgIpc) is 2.70. The van der Waals surface area contributed by atoms with Crippen molar-refractivity contribution in [1.82, 2.24) is 10.3 Å². The summed E-state index contributed by atoms with van der Waals surface area (Å²) >= 11 is 0. The SMILES string of the molecule is C=CCNC(=O)C(=O)c1c(C)[nH]c2ccccc12. The first-order valence-corrected chi connectivity index (χ1v) is 5.66. The van der Waals surface area contributed by atoms with Crippen LogP contribution in [0.3, 0.4) is 0 Å². The molecule has 2 aromatic rings. The molecule has 2 N–H and O–H groups in total. The van der Waals surface area contributed by atoms with Crippen LogP contribution >= 0.6 is 0 Å². The number of amides is 1. The van der Waals surface area contributed by atoms with E-state index in [0.29, 0.717) is 11.3 Å². The number of ketones is 1. The molecular formula is C14H14N2O2. The van der Waals surface area contributed by atoms with Crippen LogP contribution in [0.5, 0.6) is 0 Å². The van der Waals surface area contributed by atoms with Crippen LogP contribution in [0.4, 0.5) is 0 Å². The summed E-state index contributed by atoms with van der Waals surface area (Å²) in [5.41, 5.74) is 2.00. The van der Waals surface area contributed by atoms with Gasteiger partial charge in [-0.1, -0.05) is 24.3 Å². The fraction of sp³-hybridized carbons (Fsp3) is 0.143. The van der Waals surface area contributed by atoms with E-state index in [1.165, 1.54) is 6.08 Å². The second-order valence-electron chi connectivity index (χ2n) is 4.00. The van der Waals surface area contributed by atoms with E-state index in [1.807, 2.05) is 24.3 Å². The van der Waals surface area contributed by atoms with Crippen molar-refractivity contribution in [1.29, 1.82) is 0 Å². The minimum atomic E-state index is -0.609. The molecule has 0 radical (unpaired) electrons. The van der Waals surface area contributed by atoms with Gasteiger partial charge in [0.25, 0.3) is 11.7 Å². The first kappa shape index (κ1) is 12.1. The van der Waals surface area contributed by atoms with E-state index >= 15 is 0 Å². The molecule has 0 spiro atoms. The molecule has 0 aliphatic heterocycles. The Morgan fingerprint density at radius 2 is 2.11 bits per heavy atom. The summed E-state index contributed by atoms with van der Waals surface area (Å²) in [7, 11) is 0. The number of para-hydroxylation sites is 1. The van der Waals surface area contributed by atoms with E-state index in [9.17, 15) is 9.59 Å². The zero-order valence-electron chi connectivity index (χ0n) is 10.1. The molecule has 1 aromatic carbocycles. The highest BCUT2D eigenvalue weighted by atomic mass is 16.2. The third-order valence-corrected chi connectivity index (χ3v) is 2.73. The number of aromatic amines is 1. The Morgan fingerprint density at radius 1 is 1.39 bits per heavy atom. The molecule has 0 saturated carbocycles. The van der Waals surface area contributed by atoms with E-state index in [0.717, 1.165) is 10.9 Å². The lowest BCUT2D eigenvalue weighted by atomic mass is 10.1. The van der Waals surface area contributed by atoms with Crippen LogP contribution < -0.4 is 5.32 Å². The third kappa shape index (κ3) is 2.05. The quantitative estimate of drug-likeness (QED) is 0.489. The van der Waals surface area contributed by atoms with Gasteiger partial charge in [-0.25, -0.2) is 0 Å². The van der Waals surface area contributed by atoms with Gasteiger partial charge in [-0.15, -0.1) is 6.58 Å². The van der Waals surface area contributed by atoms with Gasteiger partial charge in [0.1, 0.15) is 0 Å². The Bertz CT molecular complexity index is 626. The van der Waals surface area contributed by atoms with E-state index < -0.39 is 11.7 Å². The molecule has 92 valence electrons. The van der Waals surface area contributed by atoms with Crippen LogP contribution in [0.25, 0.3) is 10.9 Å². The highest BCUT2D eigenvalue weighted by molar-refractivity contribution is 6.45. The zero-order chi connectivity index (χ0) is 13.1. The van der Waals surface area contributed by atoms with Gasteiger partial charge >= 0.3 is 0 Å². The summed E-state index contributed by atoms with van der Waals surface area (Å²) in [5, 5.41) is 3.26. The van der Waals surface area contributed by atoms with Gasteiger partial charge in [0.05, 0.1) is 5.56 Å². The maximum atomic E-state index is 12.1. The molecule has 4 heteroatoms. The van der Waals surface area contributed by atoms with Crippen LogP contribution in [-0.4, -0.2) is 23.2 Å². The lowest BCUT2D eigenvalue weighted by molar-refractivity contribution is -0.116. The second kappa shape index (κ2) is 4.87. The lowest BCUT2D eigenvalue weighted by Gasteiger charge is -2.01. The number of aromatic nitrogens is 1. The van der Waals surface area contributed by atoms with E-state index in [2.05, 4.69) is 16.9 Å². The fourth-order valence-electron chi connectivity index (χ4n) is 1.93. The van der Waals surface area contributed by atoms with E-state index in [-0.39, 0.29) is 6.54 Å². The number of hydrogen-bond donors (Lipinski definition) is 2. The molecule has 18 heavy (non-hydrogen) atoms. The molecular weight excluding hydrogens is 228 g/mol. The monoisotopic (exact) mass is 242 g/mol. The fourth-order valence-corrected chi connectivity index (χ4v) is 1.93. The number of fused-ring (bicyclic) bond motifs is 1. The Kier molecular flexibility index (Phi) is 3.28. The molecule has 4 nitrogen and oxygen atoms in total. The van der Waals surface area contributed by atoms with Crippen molar-refractivity contribution >= 4 is 22.6 Å². The number of hydrogen-bond acceptors (Lipinski definition) is 2. The van der Waals surface area contributed by atoms with Gasteiger partial charge < -0.3 is 10.3 Å². The van der Waals surface area contributed by atoms with Crippen LogP contribution in [0.1, 0.15) is 16.1 Å². The van der Waals surface area contributed by atoms with Gasteiger partial charge in [0.2, 0.25) is 0 Å². The van der Waals surface area contributed by atoms with Gasteiger partial charge in [-0.2, -0.15) is 0 Å². The Labute approximate surface area is 105 Å². The summed E-state index contributed by atoms with van der Waals surface area (Å²) in [6, 6.07) is 7.42. The molecule has 0 saturated heterocycles. The predicted molar refractivity (Wildman–Crippen MR) is 70.6 cm³/mol. The maximum absolute atomic E-state index is 12.1. The van der Waals surface area contributed by atoms with Crippen molar-refractivity contribution in [3.63, 3.8) is 0 Å². The molecule has 0 atom stereocenters. The van der Waals surface area contributed by atoms with Crippen molar-refractivity contribution in [2.24, 2.45) is 0 Å². The molecule has 2 rings (SSSR count). The largest absolute Gasteiger partial charge is 0.358 e. The van der Waals surface area contributed by atoms with Gasteiger partial charge in [0.15, 0.2) is 0 Å². The number of aryl methyl sites for hydroxylation is 1. The average molecular weight is 242 g/mol. The number of Topliss-reactive ketones (excluding diaryl/α,β-unsaturated/α-hetero) is 1. The number of benzene rings is 1. The molecule has 1 heterocycles. The molecule has 0 bridgehead atoms. The van der Waals surface area contributed by atoms with Gasteiger partial charge in [-0.05, 0) is 13.0 Å². The number of H-pyrrole nitrogens is 1. The minimum Gasteiger partial charge on any atom is -0.358 e. The van der Waals surface area contributed by atoms with Crippen LogP contribution in [-0.2, 0) is 4.79 Å². The molecule has 1 amide bonds. The second-order valence-corrected chi connectivity index (χ2v) is 4.00. The number of rotatable bonds is 4. The highest BCUT2D eigenvalue weighted by Gasteiger charge is 2.21. The molecule has 0 aliphatic carbocycles. The summed E-state index contributed by atoms with van der Waals surface area (Å²) in [6.07, 6.45) is 1.53. The Morgan fingerprint density at radius 3 is 2.83 bits per heavy atom. The summed E-state index contributed by atoms with van der Waals surface area (Å²) in [4.78, 5) is 26.9. The zero-order valence-corrected chi connectivity index (χ0v) is 10.1. The molecule has 0 unspecified atom stereocenters. The van der Waals surface area contributed by atoms with Crippen molar-refractivity contribution < 1.29 is 9.59 Å². The minimum absolute atomic E-state index is 0.284. The molecule has 0 aliphatic rings. The number of carbonyl (C=O) groups excluding carboxylic acids is 2. The molecule has 0 fully saturated rings. The number of nitrogens with one attached hydrogen (secondary N) is 2. The smallest absolute Gasteiger partial charge is 0.292 e. The molecule has 1 aromatic heterocycles. The predicted octanol–water partition coefficient (Wildman–Crippen LogP) is 1.96. The Hall–Kier alpha value is -2.36. The van der Waals surface area contributed by atoms with Crippen molar-refractivity contribution in [3.8, 4) is 0 Å². The van der Waals surface area contributed by atoms with Crippen LogP contribution in [0.15, 0.2) is 36.9 Å². The van der Waals surface area contributed by atoms with Crippen molar-refractivity contribution in [2.45, 2.75) is 6.92 Å². The first-order chi connectivity index (χ1) is 8.65. The summed E-state index contributed by atoms with van der Waals surface area (Å²) < 4.78 is 0.